The lowest BCUT2D eigenvalue weighted by atomic mass is 10.0. The average Bonchev–Trinajstić information content (AvgIpc) is 2.71. The fraction of sp³-hybridized carbons (Fsp3) is 0.286. The van der Waals surface area contributed by atoms with E-state index in [0.29, 0.717) is 11.6 Å². The summed E-state index contributed by atoms with van der Waals surface area (Å²) in [4.78, 5) is 16.1. The lowest BCUT2D eigenvalue weighted by molar-refractivity contribution is 0.0522. The molecule has 1 heterocycles. The maximum Gasteiger partial charge on any atom is 0.360 e. The molecule has 0 unspecified atom stereocenters. The second kappa shape index (κ2) is 5.40. The first kappa shape index (κ1) is 13.5. The van der Waals surface area contributed by atoms with Crippen molar-refractivity contribution in [3.63, 3.8) is 0 Å². The highest BCUT2D eigenvalue weighted by Gasteiger charge is 2.19. The molecule has 0 amide bonds. The molecule has 0 aliphatic rings. The minimum atomic E-state index is -0.464. The number of aryl methyl sites for hydroxylation is 2. The van der Waals surface area contributed by atoms with Crippen LogP contribution in [-0.4, -0.2) is 17.6 Å². The van der Waals surface area contributed by atoms with E-state index in [9.17, 15) is 4.79 Å². The van der Waals surface area contributed by atoms with E-state index < -0.39 is 5.97 Å². The number of rotatable bonds is 3. The Morgan fingerprint density at radius 1 is 1.37 bits per heavy atom. The first-order valence-corrected chi connectivity index (χ1v) is 6.86. The van der Waals surface area contributed by atoms with E-state index in [1.165, 1.54) is 11.3 Å². The van der Waals surface area contributed by atoms with Gasteiger partial charge in [0.05, 0.1) is 6.61 Å². The van der Waals surface area contributed by atoms with Crippen molar-refractivity contribution in [3.05, 3.63) is 35.0 Å². The number of nitrogens with zero attached hydrogens (tertiary/aromatic N) is 1. The molecule has 0 radical (unpaired) electrons. The molecular weight excluding hydrogens is 260 g/mol. The third-order valence-corrected chi connectivity index (χ3v) is 3.72. The third-order valence-electron chi connectivity index (χ3n) is 2.82. The molecule has 1 aromatic heterocycles. The average molecular weight is 276 g/mol. The summed E-state index contributed by atoms with van der Waals surface area (Å²) in [7, 11) is 0. The predicted molar refractivity (Wildman–Crippen MR) is 77.4 cm³/mol. The Kier molecular flexibility index (Phi) is 3.85. The third kappa shape index (κ3) is 2.61. The number of ether oxygens (including phenoxy) is 1. The van der Waals surface area contributed by atoms with Gasteiger partial charge in [-0.3, -0.25) is 0 Å². The standard InChI is InChI=1S/C14H16N2O2S/c1-4-18-14(17)11-12(15)19-13(16-11)10-8(2)6-5-7-9(10)3/h5-7H,4,15H2,1-3H3. The van der Waals surface area contributed by atoms with E-state index in [-0.39, 0.29) is 5.69 Å². The van der Waals surface area contributed by atoms with Crippen LogP contribution >= 0.6 is 11.3 Å². The molecule has 2 rings (SSSR count). The molecule has 0 spiro atoms. The minimum absolute atomic E-state index is 0.213. The lowest BCUT2D eigenvalue weighted by Crippen LogP contribution is -2.07. The Balaban J connectivity index is 2.48. The van der Waals surface area contributed by atoms with Crippen LogP contribution in [0.4, 0.5) is 5.00 Å². The molecule has 5 heteroatoms. The zero-order valence-corrected chi connectivity index (χ0v) is 12.0. The van der Waals surface area contributed by atoms with Gasteiger partial charge in [0, 0.05) is 5.56 Å². The molecule has 0 fully saturated rings. The highest BCUT2D eigenvalue weighted by molar-refractivity contribution is 7.19. The molecule has 1 aromatic carbocycles. The Morgan fingerprint density at radius 2 is 2.00 bits per heavy atom. The monoisotopic (exact) mass is 276 g/mol. The van der Waals surface area contributed by atoms with Crippen LogP contribution < -0.4 is 5.73 Å². The van der Waals surface area contributed by atoms with Gasteiger partial charge >= 0.3 is 5.97 Å². The van der Waals surface area contributed by atoms with Crippen molar-refractivity contribution in [3.8, 4) is 10.6 Å². The first-order chi connectivity index (χ1) is 9.04. The van der Waals surface area contributed by atoms with Crippen LogP contribution in [0.5, 0.6) is 0 Å². The maximum atomic E-state index is 11.7. The second-order valence-corrected chi connectivity index (χ2v) is 5.25. The van der Waals surface area contributed by atoms with Gasteiger partial charge in [0.15, 0.2) is 5.69 Å². The number of nitrogen functional groups attached to an aromatic ring is 1. The van der Waals surface area contributed by atoms with Gasteiger partial charge < -0.3 is 10.5 Å². The Morgan fingerprint density at radius 3 is 2.58 bits per heavy atom. The molecule has 19 heavy (non-hydrogen) atoms. The summed E-state index contributed by atoms with van der Waals surface area (Å²) in [6.07, 6.45) is 0. The van der Waals surface area contributed by atoms with Gasteiger partial charge in [-0.1, -0.05) is 29.5 Å². The number of carbonyl (C=O) groups is 1. The number of anilines is 1. The van der Waals surface area contributed by atoms with Gasteiger partial charge in [0.1, 0.15) is 10.0 Å². The van der Waals surface area contributed by atoms with Crippen molar-refractivity contribution in [2.45, 2.75) is 20.8 Å². The van der Waals surface area contributed by atoms with Crippen LogP contribution in [0.15, 0.2) is 18.2 Å². The number of esters is 1. The summed E-state index contributed by atoms with van der Waals surface area (Å²) in [6.45, 7) is 6.11. The number of hydrogen-bond donors (Lipinski definition) is 1. The fourth-order valence-electron chi connectivity index (χ4n) is 1.94. The van der Waals surface area contributed by atoms with Gasteiger partial charge in [-0.2, -0.15) is 0 Å². The van der Waals surface area contributed by atoms with Gasteiger partial charge in [0.25, 0.3) is 0 Å². The molecule has 2 N–H and O–H groups in total. The van der Waals surface area contributed by atoms with Crippen molar-refractivity contribution in [1.82, 2.24) is 4.98 Å². The molecular formula is C14H16N2O2S. The predicted octanol–water partition coefficient (Wildman–Crippen LogP) is 3.19. The van der Waals surface area contributed by atoms with Crippen molar-refractivity contribution in [2.24, 2.45) is 0 Å². The highest BCUT2D eigenvalue weighted by atomic mass is 32.1. The summed E-state index contributed by atoms with van der Waals surface area (Å²) in [5.74, 6) is -0.464. The van der Waals surface area contributed by atoms with E-state index in [4.69, 9.17) is 10.5 Å². The zero-order chi connectivity index (χ0) is 14.0. The zero-order valence-electron chi connectivity index (χ0n) is 11.2. The molecule has 0 atom stereocenters. The molecule has 4 nitrogen and oxygen atoms in total. The van der Waals surface area contributed by atoms with Crippen molar-refractivity contribution in [1.29, 1.82) is 0 Å². The Labute approximate surface area is 116 Å². The number of thiazole rings is 1. The SMILES string of the molecule is CCOC(=O)c1nc(-c2c(C)cccc2C)sc1N. The van der Waals surface area contributed by atoms with Crippen molar-refractivity contribution >= 4 is 22.3 Å². The van der Waals surface area contributed by atoms with E-state index in [1.54, 1.807) is 6.92 Å². The summed E-state index contributed by atoms with van der Waals surface area (Å²) in [6, 6.07) is 6.03. The number of nitrogens with two attached hydrogens (primary N) is 1. The Hall–Kier alpha value is -1.88. The lowest BCUT2D eigenvalue weighted by Gasteiger charge is -2.05. The van der Waals surface area contributed by atoms with E-state index in [1.807, 2.05) is 32.0 Å². The number of aromatic nitrogens is 1. The van der Waals surface area contributed by atoms with Gasteiger partial charge in [-0.15, -0.1) is 0 Å². The highest BCUT2D eigenvalue weighted by Crippen LogP contribution is 2.34. The van der Waals surface area contributed by atoms with Crippen LogP contribution in [0, 0.1) is 13.8 Å². The topological polar surface area (TPSA) is 65.2 Å². The number of carbonyl (C=O) groups excluding carboxylic acids is 1. The van der Waals surface area contributed by atoms with Gasteiger partial charge in [-0.05, 0) is 31.9 Å². The minimum Gasteiger partial charge on any atom is -0.461 e. The molecule has 100 valence electrons. The second-order valence-electron chi connectivity index (χ2n) is 4.22. The fourth-order valence-corrected chi connectivity index (χ4v) is 2.93. The summed E-state index contributed by atoms with van der Waals surface area (Å²) >= 11 is 1.32. The quantitative estimate of drug-likeness (QED) is 0.874. The van der Waals surface area contributed by atoms with Crippen LogP contribution in [0.2, 0.25) is 0 Å². The molecule has 0 bridgehead atoms. The van der Waals surface area contributed by atoms with Crippen molar-refractivity contribution in [2.75, 3.05) is 12.3 Å². The largest absolute Gasteiger partial charge is 0.461 e. The van der Waals surface area contributed by atoms with E-state index >= 15 is 0 Å². The normalized spacial score (nSPS) is 10.5. The molecule has 0 saturated carbocycles. The number of hydrogen-bond acceptors (Lipinski definition) is 5. The van der Waals surface area contributed by atoms with Crippen LogP contribution in [0.25, 0.3) is 10.6 Å². The van der Waals surface area contributed by atoms with E-state index in [2.05, 4.69) is 4.98 Å². The molecule has 2 aromatic rings. The van der Waals surface area contributed by atoms with Crippen LogP contribution in [-0.2, 0) is 4.74 Å². The smallest absolute Gasteiger partial charge is 0.360 e. The van der Waals surface area contributed by atoms with Gasteiger partial charge in [0.2, 0.25) is 0 Å². The van der Waals surface area contributed by atoms with Gasteiger partial charge in [-0.25, -0.2) is 9.78 Å². The molecule has 0 saturated heterocycles. The van der Waals surface area contributed by atoms with Crippen molar-refractivity contribution < 1.29 is 9.53 Å². The van der Waals surface area contributed by atoms with Crippen LogP contribution in [0.1, 0.15) is 28.5 Å². The molecule has 0 aliphatic carbocycles. The summed E-state index contributed by atoms with van der Waals surface area (Å²) < 4.78 is 4.94. The number of benzene rings is 1. The first-order valence-electron chi connectivity index (χ1n) is 6.04. The van der Waals surface area contributed by atoms with E-state index in [0.717, 1.165) is 21.7 Å². The maximum absolute atomic E-state index is 11.7. The van der Waals surface area contributed by atoms with Crippen LogP contribution in [0.3, 0.4) is 0 Å². The molecule has 0 aliphatic heterocycles. The summed E-state index contributed by atoms with van der Waals surface area (Å²) in [5, 5.41) is 1.16. The summed E-state index contributed by atoms with van der Waals surface area (Å²) in [5.41, 5.74) is 9.34. The Bertz CT molecular complexity index is 600.